The number of hydrogen-bond acceptors (Lipinski definition) is 5. The fraction of sp³-hybridized carbons (Fsp3) is 0.167. The molecule has 0 amide bonds. The largest absolute Gasteiger partial charge is 0.503 e. The number of phenolic OH excluding ortho intramolecular Hbond substituents is 1. The maximum Gasteiger partial charge on any atom is 0.263 e. The number of halogens is 1. The van der Waals surface area contributed by atoms with Crippen molar-refractivity contribution in [3.63, 3.8) is 0 Å². The third kappa shape index (κ3) is 3.42. The number of ether oxygens (including phenoxy) is 1. The molecule has 5 nitrogen and oxygen atoms in total. The van der Waals surface area contributed by atoms with Gasteiger partial charge in [0.1, 0.15) is 10.7 Å². The number of nitrogens with zero attached hydrogens (tertiary/aromatic N) is 2. The highest BCUT2D eigenvalue weighted by Crippen LogP contribution is 2.38. The van der Waals surface area contributed by atoms with Crippen molar-refractivity contribution in [3.05, 3.63) is 74.6 Å². The van der Waals surface area contributed by atoms with Crippen molar-refractivity contribution in [2.24, 2.45) is 0 Å². The summed E-state index contributed by atoms with van der Waals surface area (Å²) < 4.78 is 7.23. The number of aromatic nitrogens is 2. The zero-order valence-electron chi connectivity index (χ0n) is 16.8. The number of allylic oxidation sites excluding steroid dienone is 1. The molecule has 1 aliphatic rings. The van der Waals surface area contributed by atoms with Gasteiger partial charge in [-0.2, -0.15) is 0 Å². The van der Waals surface area contributed by atoms with E-state index in [1.54, 1.807) is 16.7 Å². The summed E-state index contributed by atoms with van der Waals surface area (Å²) in [6.45, 7) is 2.85. The molecule has 2 aromatic heterocycles. The SMILES string of the molecule is CCOc1cc(/C=C2\CCn3c2nc2scc(-c4ccccc4)c2c3=O)cc(Cl)c1O. The average Bonchev–Trinajstić information content (AvgIpc) is 3.38. The molecule has 0 radical (unpaired) electrons. The lowest BCUT2D eigenvalue weighted by Gasteiger charge is -2.09. The molecule has 31 heavy (non-hydrogen) atoms. The lowest BCUT2D eigenvalue weighted by Crippen LogP contribution is -2.20. The molecule has 7 heteroatoms. The summed E-state index contributed by atoms with van der Waals surface area (Å²) in [5.41, 5.74) is 3.68. The molecule has 1 aliphatic heterocycles. The molecule has 0 saturated carbocycles. The second kappa shape index (κ2) is 7.87. The molecule has 0 bridgehead atoms. The number of phenols is 1. The normalized spacial score (nSPS) is 14.3. The summed E-state index contributed by atoms with van der Waals surface area (Å²) in [4.78, 5) is 18.9. The van der Waals surface area contributed by atoms with E-state index >= 15 is 0 Å². The van der Waals surface area contributed by atoms with Gasteiger partial charge in [-0.3, -0.25) is 9.36 Å². The molecule has 3 heterocycles. The fourth-order valence-corrected chi connectivity index (χ4v) is 5.09. The topological polar surface area (TPSA) is 64.4 Å². The van der Waals surface area contributed by atoms with Gasteiger partial charge in [0.05, 0.1) is 17.0 Å². The van der Waals surface area contributed by atoms with Crippen molar-refractivity contribution < 1.29 is 9.84 Å². The van der Waals surface area contributed by atoms with Gasteiger partial charge in [0.25, 0.3) is 5.56 Å². The highest BCUT2D eigenvalue weighted by atomic mass is 35.5. The summed E-state index contributed by atoms with van der Waals surface area (Å²) in [5.74, 6) is 0.952. The van der Waals surface area contributed by atoms with Crippen LogP contribution in [0.1, 0.15) is 24.7 Å². The number of hydrogen-bond donors (Lipinski definition) is 1. The number of fused-ring (bicyclic) bond motifs is 2. The summed E-state index contributed by atoms with van der Waals surface area (Å²) >= 11 is 7.66. The summed E-state index contributed by atoms with van der Waals surface area (Å²) in [5, 5.41) is 13.0. The first-order chi connectivity index (χ1) is 15.1. The molecule has 0 saturated heterocycles. The Bertz CT molecular complexity index is 1390. The van der Waals surface area contributed by atoms with E-state index in [9.17, 15) is 9.90 Å². The van der Waals surface area contributed by atoms with Gasteiger partial charge in [-0.15, -0.1) is 11.3 Å². The van der Waals surface area contributed by atoms with E-state index < -0.39 is 0 Å². The standard InChI is InChI=1S/C24H19ClN2O3S/c1-2-30-19-12-14(11-18(25)21(19)28)10-16-8-9-27-22(16)26-23-20(24(27)29)17(13-31-23)15-6-4-3-5-7-15/h3-7,10-13,28H,2,8-9H2,1H3/b16-10+. The average molecular weight is 451 g/mol. The van der Waals surface area contributed by atoms with E-state index in [2.05, 4.69) is 0 Å². The van der Waals surface area contributed by atoms with Crippen LogP contribution in [-0.2, 0) is 6.54 Å². The molecular weight excluding hydrogens is 432 g/mol. The lowest BCUT2D eigenvalue weighted by atomic mass is 10.1. The number of aromatic hydroxyl groups is 1. The van der Waals surface area contributed by atoms with Gasteiger partial charge in [-0.05, 0) is 48.3 Å². The molecule has 0 fully saturated rings. The minimum absolute atomic E-state index is 0.0118. The second-order valence-corrected chi connectivity index (χ2v) is 8.56. The van der Waals surface area contributed by atoms with Crippen LogP contribution in [0.5, 0.6) is 11.5 Å². The Kier molecular flexibility index (Phi) is 5.04. The Hall–Kier alpha value is -3.09. The number of thiophene rings is 1. The van der Waals surface area contributed by atoms with E-state index in [0.717, 1.165) is 27.1 Å². The van der Waals surface area contributed by atoms with Gasteiger partial charge >= 0.3 is 0 Å². The zero-order chi connectivity index (χ0) is 21.5. The predicted molar refractivity (Wildman–Crippen MR) is 126 cm³/mol. The molecule has 0 unspecified atom stereocenters. The molecule has 0 spiro atoms. The van der Waals surface area contributed by atoms with Crippen molar-refractivity contribution in [1.29, 1.82) is 0 Å². The molecule has 1 N–H and O–H groups in total. The first kappa shape index (κ1) is 19.8. The van der Waals surface area contributed by atoms with E-state index in [1.807, 2.05) is 48.7 Å². The third-order valence-corrected chi connectivity index (χ3v) is 6.52. The molecule has 2 aromatic carbocycles. The number of rotatable bonds is 4. The molecular formula is C24H19ClN2O3S. The highest BCUT2D eigenvalue weighted by molar-refractivity contribution is 7.17. The van der Waals surface area contributed by atoms with Crippen LogP contribution in [0.15, 0.2) is 52.6 Å². The van der Waals surface area contributed by atoms with Gasteiger partial charge in [0, 0.05) is 17.5 Å². The lowest BCUT2D eigenvalue weighted by molar-refractivity contribution is 0.318. The first-order valence-corrected chi connectivity index (χ1v) is 11.3. The molecule has 5 rings (SSSR count). The van der Waals surface area contributed by atoms with Crippen LogP contribution in [-0.4, -0.2) is 21.3 Å². The first-order valence-electron chi connectivity index (χ1n) is 10.0. The summed E-state index contributed by atoms with van der Waals surface area (Å²) in [6, 6.07) is 13.3. The van der Waals surface area contributed by atoms with Gasteiger partial charge in [-0.1, -0.05) is 41.9 Å². The highest BCUT2D eigenvalue weighted by Gasteiger charge is 2.23. The van der Waals surface area contributed by atoms with Gasteiger partial charge in [0.2, 0.25) is 0 Å². The van der Waals surface area contributed by atoms with Crippen molar-refractivity contribution >= 4 is 44.8 Å². The van der Waals surface area contributed by atoms with Crippen LogP contribution >= 0.6 is 22.9 Å². The van der Waals surface area contributed by atoms with E-state index in [-0.39, 0.29) is 16.3 Å². The Labute approximate surface area is 187 Å². The fourth-order valence-electron chi connectivity index (χ4n) is 3.93. The van der Waals surface area contributed by atoms with Crippen LogP contribution in [0.3, 0.4) is 0 Å². The Morgan fingerprint density at radius 1 is 1.29 bits per heavy atom. The van der Waals surface area contributed by atoms with Crippen molar-refractivity contribution in [2.45, 2.75) is 19.9 Å². The molecule has 156 valence electrons. The molecule has 4 aromatic rings. The molecule has 0 atom stereocenters. The summed E-state index contributed by atoms with van der Waals surface area (Å²) in [6.07, 6.45) is 2.65. The maximum atomic E-state index is 13.3. The van der Waals surface area contributed by atoms with Crippen LogP contribution in [0.4, 0.5) is 0 Å². The zero-order valence-corrected chi connectivity index (χ0v) is 18.3. The van der Waals surface area contributed by atoms with Crippen molar-refractivity contribution in [2.75, 3.05) is 6.61 Å². The van der Waals surface area contributed by atoms with Crippen LogP contribution in [0.25, 0.3) is 33.0 Å². The quantitative estimate of drug-likeness (QED) is 0.425. The minimum atomic E-state index is -0.0689. The van der Waals surface area contributed by atoms with E-state index in [0.29, 0.717) is 36.5 Å². The predicted octanol–water partition coefficient (Wildman–Crippen LogP) is 5.83. The summed E-state index contributed by atoms with van der Waals surface area (Å²) in [7, 11) is 0. The van der Waals surface area contributed by atoms with E-state index in [4.69, 9.17) is 21.3 Å². The maximum absolute atomic E-state index is 13.3. The van der Waals surface area contributed by atoms with Crippen LogP contribution in [0, 0.1) is 0 Å². The smallest absolute Gasteiger partial charge is 0.263 e. The monoisotopic (exact) mass is 450 g/mol. The van der Waals surface area contributed by atoms with Gasteiger partial charge in [0.15, 0.2) is 11.5 Å². The molecule has 0 aliphatic carbocycles. The Balaban J connectivity index is 1.62. The Morgan fingerprint density at radius 3 is 2.87 bits per heavy atom. The van der Waals surface area contributed by atoms with Crippen molar-refractivity contribution in [3.8, 4) is 22.6 Å². The van der Waals surface area contributed by atoms with Crippen LogP contribution in [0.2, 0.25) is 5.02 Å². The van der Waals surface area contributed by atoms with Crippen molar-refractivity contribution in [1.82, 2.24) is 9.55 Å². The second-order valence-electron chi connectivity index (χ2n) is 7.29. The van der Waals surface area contributed by atoms with E-state index in [1.165, 1.54) is 11.3 Å². The van der Waals surface area contributed by atoms with Gasteiger partial charge < -0.3 is 9.84 Å². The van der Waals surface area contributed by atoms with Crippen LogP contribution < -0.4 is 10.3 Å². The Morgan fingerprint density at radius 2 is 2.10 bits per heavy atom. The third-order valence-electron chi connectivity index (χ3n) is 5.36. The minimum Gasteiger partial charge on any atom is -0.503 e. The van der Waals surface area contributed by atoms with Gasteiger partial charge in [-0.25, -0.2) is 4.98 Å². The number of benzene rings is 2.